The molecule has 0 unspecified atom stereocenters. The lowest BCUT2D eigenvalue weighted by molar-refractivity contribution is -0.116. The Hall–Kier alpha value is -1.67. The first-order chi connectivity index (χ1) is 9.65. The second-order valence-corrected chi connectivity index (χ2v) is 6.34. The van der Waals surface area contributed by atoms with Gasteiger partial charge in [0.25, 0.3) is 5.56 Å². The molecule has 1 atom stereocenters. The fourth-order valence-electron chi connectivity index (χ4n) is 2.04. The number of nitrogens with one attached hydrogen (secondary N) is 1. The highest BCUT2D eigenvalue weighted by Crippen LogP contribution is 2.32. The van der Waals surface area contributed by atoms with Crippen LogP contribution in [0, 0.1) is 6.92 Å². The number of thiazole rings is 1. The standard InChI is InChI=1S/C12H12N4O2S2/c1-7-5-14-12-16(10(7)18)8(6-20-12)4-9(17)15-11-13-2-3-19-11/h2-3,5,8H,4,6H2,1H3,(H,13,15,17)/t8-/m1/s1. The number of aromatic nitrogens is 3. The van der Waals surface area contributed by atoms with Crippen molar-refractivity contribution in [2.75, 3.05) is 11.1 Å². The lowest BCUT2D eigenvalue weighted by atomic mass is 10.2. The van der Waals surface area contributed by atoms with Crippen molar-refractivity contribution in [2.24, 2.45) is 0 Å². The van der Waals surface area contributed by atoms with E-state index in [2.05, 4.69) is 15.3 Å². The molecule has 3 heterocycles. The van der Waals surface area contributed by atoms with Crippen molar-refractivity contribution in [3.8, 4) is 0 Å². The smallest absolute Gasteiger partial charge is 0.257 e. The van der Waals surface area contributed by atoms with Gasteiger partial charge in [-0.2, -0.15) is 0 Å². The van der Waals surface area contributed by atoms with Crippen LogP contribution < -0.4 is 10.9 Å². The number of thioether (sulfide) groups is 1. The Labute approximate surface area is 123 Å². The quantitative estimate of drug-likeness (QED) is 0.873. The van der Waals surface area contributed by atoms with E-state index in [1.54, 1.807) is 29.3 Å². The van der Waals surface area contributed by atoms with Gasteiger partial charge in [0.1, 0.15) is 0 Å². The highest BCUT2D eigenvalue weighted by atomic mass is 32.2. The van der Waals surface area contributed by atoms with Crippen LogP contribution in [-0.2, 0) is 4.79 Å². The zero-order valence-corrected chi connectivity index (χ0v) is 12.3. The molecule has 3 rings (SSSR count). The average Bonchev–Trinajstić information content (AvgIpc) is 3.04. The third-order valence-electron chi connectivity index (χ3n) is 3.00. The summed E-state index contributed by atoms with van der Waals surface area (Å²) in [4.78, 5) is 32.4. The number of anilines is 1. The van der Waals surface area contributed by atoms with Crippen LogP contribution >= 0.6 is 23.1 Å². The molecule has 8 heteroatoms. The second kappa shape index (κ2) is 5.37. The third-order valence-corrected chi connectivity index (χ3v) is 4.80. The van der Waals surface area contributed by atoms with E-state index < -0.39 is 0 Å². The molecular formula is C12H12N4O2S2. The summed E-state index contributed by atoms with van der Waals surface area (Å²) in [5, 5.41) is 5.80. The van der Waals surface area contributed by atoms with E-state index in [-0.39, 0.29) is 23.9 Å². The second-order valence-electron chi connectivity index (χ2n) is 4.45. The molecule has 2 aromatic rings. The van der Waals surface area contributed by atoms with Crippen molar-refractivity contribution < 1.29 is 4.79 Å². The molecule has 20 heavy (non-hydrogen) atoms. The van der Waals surface area contributed by atoms with E-state index in [0.717, 1.165) is 0 Å². The van der Waals surface area contributed by atoms with Crippen molar-refractivity contribution in [3.63, 3.8) is 0 Å². The molecule has 1 aliphatic rings. The van der Waals surface area contributed by atoms with Crippen LogP contribution in [0.4, 0.5) is 5.13 Å². The maximum Gasteiger partial charge on any atom is 0.257 e. The molecule has 104 valence electrons. The molecular weight excluding hydrogens is 296 g/mol. The fourth-order valence-corrected chi connectivity index (χ4v) is 3.69. The van der Waals surface area contributed by atoms with Gasteiger partial charge in [-0.05, 0) is 6.92 Å². The Balaban J connectivity index is 1.77. The highest BCUT2D eigenvalue weighted by molar-refractivity contribution is 7.99. The van der Waals surface area contributed by atoms with E-state index >= 15 is 0 Å². The Morgan fingerprint density at radius 1 is 1.55 bits per heavy atom. The molecule has 1 aliphatic heterocycles. The lowest BCUT2D eigenvalue weighted by Gasteiger charge is -2.12. The van der Waals surface area contributed by atoms with Gasteiger partial charge in [-0.1, -0.05) is 11.8 Å². The normalized spacial score (nSPS) is 16.9. The summed E-state index contributed by atoms with van der Waals surface area (Å²) in [5.74, 6) is 0.559. The number of carbonyl (C=O) groups excluding carboxylic acids is 1. The first-order valence-electron chi connectivity index (χ1n) is 6.05. The van der Waals surface area contributed by atoms with Gasteiger partial charge >= 0.3 is 0 Å². The fraction of sp³-hybridized carbons (Fsp3) is 0.333. The molecule has 0 aliphatic carbocycles. The monoisotopic (exact) mass is 308 g/mol. The number of nitrogens with zero attached hydrogens (tertiary/aromatic N) is 3. The molecule has 0 bridgehead atoms. The van der Waals surface area contributed by atoms with Crippen LogP contribution in [0.1, 0.15) is 18.0 Å². The summed E-state index contributed by atoms with van der Waals surface area (Å²) in [6, 6.07) is -0.144. The SMILES string of the molecule is Cc1cnc2n(c1=O)[C@H](CC(=O)Nc1nccs1)CS2. The number of hydrogen-bond acceptors (Lipinski definition) is 6. The molecule has 2 aromatic heterocycles. The number of amides is 1. The van der Waals surface area contributed by atoms with Crippen LogP contribution in [0.15, 0.2) is 27.7 Å². The molecule has 0 radical (unpaired) electrons. The molecule has 1 amide bonds. The number of hydrogen-bond donors (Lipinski definition) is 1. The Kier molecular flexibility index (Phi) is 3.58. The number of fused-ring (bicyclic) bond motifs is 1. The van der Waals surface area contributed by atoms with E-state index in [0.29, 0.717) is 21.6 Å². The van der Waals surface area contributed by atoms with Gasteiger partial charge in [0.05, 0.1) is 6.04 Å². The van der Waals surface area contributed by atoms with E-state index in [4.69, 9.17) is 0 Å². The topological polar surface area (TPSA) is 76.9 Å². The van der Waals surface area contributed by atoms with Crippen molar-refractivity contribution >= 4 is 34.1 Å². The maximum absolute atomic E-state index is 12.1. The number of rotatable bonds is 3. The Bertz CT molecular complexity index is 696. The summed E-state index contributed by atoms with van der Waals surface area (Å²) in [5.41, 5.74) is 0.536. The lowest BCUT2D eigenvalue weighted by Crippen LogP contribution is -2.28. The van der Waals surface area contributed by atoms with E-state index in [9.17, 15) is 9.59 Å². The maximum atomic E-state index is 12.1. The Morgan fingerprint density at radius 2 is 2.40 bits per heavy atom. The van der Waals surface area contributed by atoms with E-state index in [1.807, 2.05) is 0 Å². The highest BCUT2D eigenvalue weighted by Gasteiger charge is 2.27. The molecule has 0 saturated carbocycles. The van der Waals surface area contributed by atoms with Crippen LogP contribution in [-0.4, -0.2) is 26.2 Å². The molecule has 6 nitrogen and oxygen atoms in total. The van der Waals surface area contributed by atoms with Gasteiger partial charge in [-0.15, -0.1) is 11.3 Å². The predicted octanol–water partition coefficient (Wildman–Crippen LogP) is 1.68. The number of aryl methyl sites for hydroxylation is 1. The largest absolute Gasteiger partial charge is 0.302 e. The summed E-state index contributed by atoms with van der Waals surface area (Å²) >= 11 is 2.88. The molecule has 0 fully saturated rings. The van der Waals surface area contributed by atoms with Crippen molar-refractivity contribution in [1.29, 1.82) is 0 Å². The van der Waals surface area contributed by atoms with Crippen molar-refractivity contribution in [2.45, 2.75) is 24.5 Å². The minimum Gasteiger partial charge on any atom is -0.302 e. The molecule has 0 aromatic carbocycles. The zero-order valence-electron chi connectivity index (χ0n) is 10.7. The minimum absolute atomic E-state index is 0.0629. The summed E-state index contributed by atoms with van der Waals surface area (Å²) < 4.78 is 1.63. The summed E-state index contributed by atoms with van der Waals surface area (Å²) in [6.07, 6.45) is 3.47. The van der Waals surface area contributed by atoms with Gasteiger partial charge in [0, 0.05) is 35.5 Å². The molecule has 0 saturated heterocycles. The van der Waals surface area contributed by atoms with Crippen LogP contribution in [0.5, 0.6) is 0 Å². The predicted molar refractivity (Wildman–Crippen MR) is 78.4 cm³/mol. The summed E-state index contributed by atoms with van der Waals surface area (Å²) in [6.45, 7) is 1.73. The van der Waals surface area contributed by atoms with Gasteiger partial charge < -0.3 is 5.32 Å². The van der Waals surface area contributed by atoms with Crippen LogP contribution in [0.2, 0.25) is 0 Å². The van der Waals surface area contributed by atoms with Crippen molar-refractivity contribution in [3.05, 3.63) is 33.7 Å². The summed E-state index contributed by atoms with van der Waals surface area (Å²) in [7, 11) is 0. The average molecular weight is 308 g/mol. The first-order valence-corrected chi connectivity index (χ1v) is 7.92. The van der Waals surface area contributed by atoms with Crippen LogP contribution in [0.3, 0.4) is 0 Å². The first kappa shape index (κ1) is 13.3. The van der Waals surface area contributed by atoms with Crippen LogP contribution in [0.25, 0.3) is 0 Å². The Morgan fingerprint density at radius 3 is 3.15 bits per heavy atom. The molecule has 1 N–H and O–H groups in total. The van der Waals surface area contributed by atoms with Gasteiger partial charge in [0.15, 0.2) is 10.3 Å². The van der Waals surface area contributed by atoms with Gasteiger partial charge in [-0.3, -0.25) is 14.2 Å². The van der Waals surface area contributed by atoms with E-state index in [1.165, 1.54) is 23.1 Å². The van der Waals surface area contributed by atoms with Gasteiger partial charge in [0.2, 0.25) is 5.91 Å². The van der Waals surface area contributed by atoms with Crippen molar-refractivity contribution in [1.82, 2.24) is 14.5 Å². The van der Waals surface area contributed by atoms with Gasteiger partial charge in [-0.25, -0.2) is 9.97 Å². The third kappa shape index (κ3) is 2.48. The zero-order chi connectivity index (χ0) is 14.1. The number of carbonyl (C=O) groups is 1. The minimum atomic E-state index is -0.144. The molecule has 0 spiro atoms.